The van der Waals surface area contributed by atoms with E-state index in [0.29, 0.717) is 5.75 Å². The number of halogens is 1. The van der Waals surface area contributed by atoms with Gasteiger partial charge in [0.25, 0.3) is 0 Å². The Bertz CT molecular complexity index is 919. The molecular weight excluding hydrogens is 370 g/mol. The molecule has 144 valence electrons. The third-order valence-corrected chi connectivity index (χ3v) is 5.60. The molecule has 2 aromatic carbocycles. The highest BCUT2D eigenvalue weighted by molar-refractivity contribution is 6.30. The molecule has 1 fully saturated rings. The second-order valence-electron chi connectivity index (χ2n) is 7.19. The zero-order chi connectivity index (χ0) is 19.5. The second kappa shape index (κ2) is 8.21. The molecule has 4 nitrogen and oxygen atoms in total. The third kappa shape index (κ3) is 3.98. The van der Waals surface area contributed by atoms with E-state index in [-0.39, 0.29) is 6.04 Å². The molecule has 0 amide bonds. The molecule has 0 radical (unpaired) electrons. The number of nitrogens with zero attached hydrogens (tertiary/aromatic N) is 3. The summed E-state index contributed by atoms with van der Waals surface area (Å²) in [5.74, 6) is 0.327. The van der Waals surface area contributed by atoms with Crippen LogP contribution in [0.3, 0.4) is 0 Å². The molecule has 0 saturated carbocycles. The molecule has 1 aromatic heterocycles. The molecule has 28 heavy (non-hydrogen) atoms. The summed E-state index contributed by atoms with van der Waals surface area (Å²) in [6.07, 6.45) is 1.93. The maximum atomic E-state index is 10.5. The highest BCUT2D eigenvalue weighted by Gasteiger charge is 2.28. The lowest BCUT2D eigenvalue weighted by molar-refractivity contribution is 0.209. The number of aromatic hydroxyl groups is 1. The van der Waals surface area contributed by atoms with Gasteiger partial charge in [-0.1, -0.05) is 35.9 Å². The van der Waals surface area contributed by atoms with Crippen LogP contribution in [-0.4, -0.2) is 41.2 Å². The molecule has 0 aliphatic carbocycles. The smallest absolute Gasteiger partial charge is 0.120 e. The Hall–Kier alpha value is -2.56. The maximum Gasteiger partial charge on any atom is 0.120 e. The van der Waals surface area contributed by atoms with Crippen molar-refractivity contribution >= 4 is 17.3 Å². The number of anilines is 1. The SMILES string of the molecule is Cc1ccc(C(c2ccccc2O)N2CCN(c3ccc(Cl)cc3)CC2)cn1. The van der Waals surface area contributed by atoms with Gasteiger partial charge in [-0.2, -0.15) is 0 Å². The Kier molecular flexibility index (Phi) is 5.51. The minimum absolute atomic E-state index is 0.0123. The average molecular weight is 394 g/mol. The van der Waals surface area contributed by atoms with Gasteiger partial charge in [0.2, 0.25) is 0 Å². The van der Waals surface area contributed by atoms with Crippen LogP contribution < -0.4 is 4.90 Å². The molecule has 2 heterocycles. The van der Waals surface area contributed by atoms with Crippen LogP contribution in [-0.2, 0) is 0 Å². The van der Waals surface area contributed by atoms with Gasteiger partial charge < -0.3 is 10.0 Å². The number of hydrogen-bond donors (Lipinski definition) is 1. The lowest BCUT2D eigenvalue weighted by Crippen LogP contribution is -2.48. The van der Waals surface area contributed by atoms with E-state index in [1.807, 2.05) is 49.5 Å². The van der Waals surface area contributed by atoms with E-state index in [4.69, 9.17) is 11.6 Å². The van der Waals surface area contributed by atoms with Crippen LogP contribution >= 0.6 is 11.6 Å². The Morgan fingerprint density at radius 1 is 0.929 bits per heavy atom. The number of aryl methyl sites for hydroxylation is 1. The van der Waals surface area contributed by atoms with Gasteiger partial charge in [0.15, 0.2) is 0 Å². The summed E-state index contributed by atoms with van der Waals surface area (Å²) < 4.78 is 0. The van der Waals surface area contributed by atoms with Gasteiger partial charge in [0.05, 0.1) is 6.04 Å². The summed E-state index contributed by atoms with van der Waals surface area (Å²) in [4.78, 5) is 9.29. The molecule has 1 saturated heterocycles. The van der Waals surface area contributed by atoms with E-state index < -0.39 is 0 Å². The second-order valence-corrected chi connectivity index (χ2v) is 7.63. The van der Waals surface area contributed by atoms with Crippen molar-refractivity contribution in [1.82, 2.24) is 9.88 Å². The summed E-state index contributed by atoms with van der Waals surface area (Å²) >= 11 is 6.02. The number of aromatic nitrogens is 1. The van der Waals surface area contributed by atoms with E-state index in [0.717, 1.165) is 48.0 Å². The number of phenols is 1. The molecule has 5 heteroatoms. The highest BCUT2D eigenvalue weighted by atomic mass is 35.5. The molecule has 1 aliphatic heterocycles. The van der Waals surface area contributed by atoms with E-state index in [2.05, 4.69) is 33.0 Å². The molecule has 1 N–H and O–H groups in total. The number of pyridine rings is 1. The monoisotopic (exact) mass is 393 g/mol. The lowest BCUT2D eigenvalue weighted by atomic mass is 9.96. The first-order valence-corrected chi connectivity index (χ1v) is 9.94. The zero-order valence-electron chi connectivity index (χ0n) is 15.9. The van der Waals surface area contributed by atoms with E-state index in [1.54, 1.807) is 6.07 Å². The molecule has 4 rings (SSSR count). The fraction of sp³-hybridized carbons (Fsp3) is 0.261. The van der Waals surface area contributed by atoms with Gasteiger partial charge in [-0.05, 0) is 48.9 Å². The molecule has 1 aliphatic rings. The zero-order valence-corrected chi connectivity index (χ0v) is 16.7. The molecule has 0 spiro atoms. The fourth-order valence-electron chi connectivity index (χ4n) is 3.84. The Morgan fingerprint density at radius 2 is 1.64 bits per heavy atom. The number of benzene rings is 2. The molecule has 1 atom stereocenters. The Balaban J connectivity index is 1.58. The first-order chi connectivity index (χ1) is 13.6. The van der Waals surface area contributed by atoms with Crippen molar-refractivity contribution in [2.45, 2.75) is 13.0 Å². The van der Waals surface area contributed by atoms with E-state index in [9.17, 15) is 5.11 Å². The van der Waals surface area contributed by atoms with Gasteiger partial charge in [-0.3, -0.25) is 9.88 Å². The predicted molar refractivity (Wildman–Crippen MR) is 114 cm³/mol. The lowest BCUT2D eigenvalue weighted by Gasteiger charge is -2.40. The number of phenolic OH excluding ortho intramolecular Hbond substituents is 1. The summed E-state index contributed by atoms with van der Waals surface area (Å²) in [6, 6.07) is 19.8. The van der Waals surface area contributed by atoms with Gasteiger partial charge in [0.1, 0.15) is 5.75 Å². The van der Waals surface area contributed by atoms with Crippen LogP contribution in [0.2, 0.25) is 5.02 Å². The van der Waals surface area contributed by atoms with Gasteiger partial charge in [-0.25, -0.2) is 0 Å². The Labute approximate surface area is 171 Å². The first kappa shape index (κ1) is 18.8. The molecular formula is C23H24ClN3O. The van der Waals surface area contributed by atoms with E-state index >= 15 is 0 Å². The van der Waals surface area contributed by atoms with Crippen LogP contribution in [0.15, 0.2) is 66.9 Å². The van der Waals surface area contributed by atoms with Crippen molar-refractivity contribution < 1.29 is 5.11 Å². The number of piperazine rings is 1. The van der Waals surface area contributed by atoms with Gasteiger partial charge >= 0.3 is 0 Å². The van der Waals surface area contributed by atoms with Crippen LogP contribution in [0.1, 0.15) is 22.9 Å². The van der Waals surface area contributed by atoms with Gasteiger partial charge in [0, 0.05) is 54.3 Å². The van der Waals surface area contributed by atoms with Crippen LogP contribution in [0, 0.1) is 6.92 Å². The quantitative estimate of drug-likeness (QED) is 0.699. The largest absolute Gasteiger partial charge is 0.508 e. The highest BCUT2D eigenvalue weighted by Crippen LogP contribution is 2.35. The summed E-state index contributed by atoms with van der Waals surface area (Å²) in [5, 5.41) is 11.3. The van der Waals surface area contributed by atoms with E-state index in [1.165, 1.54) is 5.69 Å². The molecule has 1 unspecified atom stereocenters. The molecule has 3 aromatic rings. The summed E-state index contributed by atoms with van der Waals surface area (Å²) in [5.41, 5.74) is 4.22. The van der Waals surface area contributed by atoms with Crippen LogP contribution in [0.4, 0.5) is 5.69 Å². The van der Waals surface area contributed by atoms with Crippen molar-refractivity contribution in [3.05, 3.63) is 88.7 Å². The standard InChI is InChI=1S/C23H24ClN3O/c1-17-6-7-18(16-25-17)23(21-4-2-3-5-22(21)28)27-14-12-26(13-15-27)20-10-8-19(24)9-11-20/h2-11,16,23,28H,12-15H2,1H3. The summed E-state index contributed by atoms with van der Waals surface area (Å²) in [6.45, 7) is 5.63. The van der Waals surface area contributed by atoms with Crippen molar-refractivity contribution in [2.75, 3.05) is 31.1 Å². The summed E-state index contributed by atoms with van der Waals surface area (Å²) in [7, 11) is 0. The minimum atomic E-state index is -0.0123. The van der Waals surface area contributed by atoms with Crippen molar-refractivity contribution in [1.29, 1.82) is 0 Å². The normalized spacial score (nSPS) is 16.1. The van der Waals surface area contributed by atoms with Crippen molar-refractivity contribution in [2.24, 2.45) is 0 Å². The maximum absolute atomic E-state index is 10.5. The number of para-hydroxylation sites is 1. The third-order valence-electron chi connectivity index (χ3n) is 5.35. The average Bonchev–Trinajstić information content (AvgIpc) is 2.72. The van der Waals surface area contributed by atoms with Crippen molar-refractivity contribution in [3.63, 3.8) is 0 Å². The Morgan fingerprint density at radius 3 is 2.29 bits per heavy atom. The van der Waals surface area contributed by atoms with Crippen LogP contribution in [0.5, 0.6) is 5.75 Å². The number of rotatable bonds is 4. The fourth-order valence-corrected chi connectivity index (χ4v) is 3.96. The first-order valence-electron chi connectivity index (χ1n) is 9.57. The van der Waals surface area contributed by atoms with Gasteiger partial charge in [-0.15, -0.1) is 0 Å². The molecule has 0 bridgehead atoms. The predicted octanol–water partition coefficient (Wildman–Crippen LogP) is 4.66. The topological polar surface area (TPSA) is 39.6 Å². The minimum Gasteiger partial charge on any atom is -0.508 e. The number of hydrogen-bond acceptors (Lipinski definition) is 4. The van der Waals surface area contributed by atoms with Crippen molar-refractivity contribution in [3.8, 4) is 5.75 Å². The van der Waals surface area contributed by atoms with Crippen LogP contribution in [0.25, 0.3) is 0 Å².